The lowest BCUT2D eigenvalue weighted by Gasteiger charge is -2.29. The minimum absolute atomic E-state index is 0.165. The quantitative estimate of drug-likeness (QED) is 0.921. The van der Waals surface area contributed by atoms with Crippen LogP contribution in [0.2, 0.25) is 0 Å². The number of alkyl halides is 3. The predicted octanol–water partition coefficient (Wildman–Crippen LogP) is 1.79. The molecule has 2 heterocycles. The molecule has 0 spiro atoms. The number of ether oxygens (including phenoxy) is 1. The summed E-state index contributed by atoms with van der Waals surface area (Å²) >= 11 is 0. The van der Waals surface area contributed by atoms with E-state index in [9.17, 15) is 18.3 Å². The van der Waals surface area contributed by atoms with E-state index in [4.69, 9.17) is 0 Å². The van der Waals surface area contributed by atoms with Gasteiger partial charge in [0.1, 0.15) is 0 Å². The highest BCUT2D eigenvalue weighted by Gasteiger charge is 2.52. The fourth-order valence-electron chi connectivity index (χ4n) is 2.23. The Morgan fingerprint density at radius 1 is 1.35 bits per heavy atom. The molecule has 0 radical (unpaired) electrons. The summed E-state index contributed by atoms with van der Waals surface area (Å²) in [6, 6.07) is 3.11. The average Bonchev–Trinajstić information content (AvgIpc) is 2.67. The average molecular weight is 289 g/mol. The molecule has 2 rings (SSSR count). The lowest BCUT2D eigenvalue weighted by atomic mass is 9.95. The Balaban J connectivity index is 2.29. The molecule has 3 atom stereocenters. The summed E-state index contributed by atoms with van der Waals surface area (Å²) in [5.74, 6) is -1.27. The summed E-state index contributed by atoms with van der Waals surface area (Å²) in [4.78, 5) is 3.81. The highest BCUT2D eigenvalue weighted by Crippen LogP contribution is 2.36. The van der Waals surface area contributed by atoms with Gasteiger partial charge in [-0.15, -0.1) is 0 Å². The van der Waals surface area contributed by atoms with Crippen LogP contribution >= 0.6 is 0 Å². The third kappa shape index (κ3) is 2.61. The van der Waals surface area contributed by atoms with Crippen molar-refractivity contribution in [3.8, 4) is 0 Å². The molecule has 110 valence electrons. The first-order valence-corrected chi connectivity index (χ1v) is 5.88. The molecule has 0 fully saturated rings. The summed E-state index contributed by atoms with van der Waals surface area (Å²) in [7, 11) is 0.966. The number of halogens is 3. The molecule has 1 aromatic heterocycles. The van der Waals surface area contributed by atoms with Gasteiger partial charge in [0, 0.05) is 25.2 Å². The number of aliphatic hydroxyl groups excluding tert-OH is 1. The molecule has 0 aromatic carbocycles. The van der Waals surface area contributed by atoms with Crippen molar-refractivity contribution in [1.82, 2.24) is 4.98 Å². The second-order valence-corrected chi connectivity index (χ2v) is 4.43. The van der Waals surface area contributed by atoms with Gasteiger partial charge in [-0.05, 0) is 19.1 Å². The van der Waals surface area contributed by atoms with Gasteiger partial charge in [-0.25, -0.2) is 5.01 Å². The van der Waals surface area contributed by atoms with Crippen molar-refractivity contribution in [1.29, 1.82) is 0 Å². The predicted molar refractivity (Wildman–Crippen MR) is 66.2 cm³/mol. The molecule has 5 nitrogen and oxygen atoms in total. The molecule has 0 amide bonds. The number of anilines is 1. The summed E-state index contributed by atoms with van der Waals surface area (Å²) in [6.07, 6.45) is -5.18. The number of rotatable bonds is 3. The van der Waals surface area contributed by atoms with Gasteiger partial charge in [-0.2, -0.15) is 18.3 Å². The maximum absolute atomic E-state index is 12.9. The van der Waals surface area contributed by atoms with Crippen LogP contribution in [0.5, 0.6) is 0 Å². The van der Waals surface area contributed by atoms with Gasteiger partial charge in [0.15, 0.2) is 12.3 Å². The van der Waals surface area contributed by atoms with Crippen molar-refractivity contribution in [3.05, 3.63) is 24.5 Å². The number of hydrogen-bond acceptors (Lipinski definition) is 5. The number of aliphatic hydroxyl groups is 1. The Morgan fingerprint density at radius 2 is 1.95 bits per heavy atom. The number of methoxy groups -OCH3 is 1. The standard InChI is InChI=1S/C12H14F3N3O2/c1-7-9(10(20-2)12(13,14)15)11(19)18(17-7)8-3-5-16-6-4-8/h3-6,9-11,19H,1-2H3. The van der Waals surface area contributed by atoms with Gasteiger partial charge in [0.2, 0.25) is 0 Å². The molecule has 0 saturated carbocycles. The third-order valence-corrected chi connectivity index (χ3v) is 3.15. The van der Waals surface area contributed by atoms with Crippen molar-refractivity contribution < 1.29 is 23.0 Å². The molecular weight excluding hydrogens is 275 g/mol. The van der Waals surface area contributed by atoms with Crippen molar-refractivity contribution in [2.24, 2.45) is 11.0 Å². The van der Waals surface area contributed by atoms with Gasteiger partial charge in [-0.1, -0.05) is 0 Å². The van der Waals surface area contributed by atoms with Gasteiger partial charge in [0.05, 0.1) is 11.6 Å². The first-order valence-electron chi connectivity index (χ1n) is 5.88. The SMILES string of the molecule is COC(C1C(C)=NN(c2ccncc2)C1O)C(F)(F)F. The van der Waals surface area contributed by atoms with Crippen LogP contribution in [0.1, 0.15) is 6.92 Å². The molecule has 0 aliphatic carbocycles. The summed E-state index contributed by atoms with van der Waals surface area (Å²) in [6.45, 7) is 1.44. The maximum atomic E-state index is 12.9. The van der Waals surface area contributed by atoms with E-state index in [1.165, 1.54) is 19.3 Å². The van der Waals surface area contributed by atoms with E-state index in [-0.39, 0.29) is 5.71 Å². The molecule has 1 aliphatic heterocycles. The van der Waals surface area contributed by atoms with Crippen molar-refractivity contribution in [3.63, 3.8) is 0 Å². The second-order valence-electron chi connectivity index (χ2n) is 4.43. The van der Waals surface area contributed by atoms with Crippen LogP contribution < -0.4 is 5.01 Å². The highest BCUT2D eigenvalue weighted by atomic mass is 19.4. The molecule has 1 aliphatic rings. The Bertz CT molecular complexity index is 492. The van der Waals surface area contributed by atoms with Gasteiger partial charge in [-0.3, -0.25) is 4.98 Å². The normalized spacial score (nSPS) is 24.7. The van der Waals surface area contributed by atoms with Gasteiger partial charge in [0.25, 0.3) is 0 Å². The van der Waals surface area contributed by atoms with Crippen LogP contribution in [0.4, 0.5) is 18.9 Å². The molecule has 0 saturated heterocycles. The maximum Gasteiger partial charge on any atom is 0.415 e. The molecule has 3 unspecified atom stereocenters. The van der Waals surface area contributed by atoms with Crippen molar-refractivity contribution in [2.45, 2.75) is 25.4 Å². The third-order valence-electron chi connectivity index (χ3n) is 3.15. The number of hydrazone groups is 1. The number of aromatic nitrogens is 1. The molecule has 20 heavy (non-hydrogen) atoms. The summed E-state index contributed by atoms with van der Waals surface area (Å²) in [5.41, 5.74) is 0.630. The number of pyridine rings is 1. The summed E-state index contributed by atoms with van der Waals surface area (Å²) in [5, 5.41) is 15.3. The Labute approximate surface area is 113 Å². The van der Waals surface area contributed by atoms with E-state index in [1.54, 1.807) is 12.1 Å². The first-order chi connectivity index (χ1) is 9.36. The minimum Gasteiger partial charge on any atom is -0.371 e. The smallest absolute Gasteiger partial charge is 0.371 e. The van der Waals surface area contributed by atoms with Gasteiger partial charge >= 0.3 is 6.18 Å². The molecule has 0 bridgehead atoms. The molecule has 1 aromatic rings. The van der Waals surface area contributed by atoms with Crippen molar-refractivity contribution >= 4 is 11.4 Å². The van der Waals surface area contributed by atoms with Gasteiger partial charge < -0.3 is 9.84 Å². The van der Waals surface area contributed by atoms with E-state index < -0.39 is 24.4 Å². The zero-order chi connectivity index (χ0) is 14.9. The first kappa shape index (κ1) is 14.7. The van der Waals surface area contributed by atoms with Crippen LogP contribution in [0.3, 0.4) is 0 Å². The van der Waals surface area contributed by atoms with E-state index in [0.717, 1.165) is 12.1 Å². The van der Waals surface area contributed by atoms with Crippen LogP contribution in [-0.4, -0.2) is 41.4 Å². The minimum atomic E-state index is -4.58. The zero-order valence-electron chi connectivity index (χ0n) is 10.9. The lowest BCUT2D eigenvalue weighted by molar-refractivity contribution is -0.228. The fourth-order valence-corrected chi connectivity index (χ4v) is 2.23. The topological polar surface area (TPSA) is 58.0 Å². The molecule has 8 heteroatoms. The number of nitrogens with zero attached hydrogens (tertiary/aromatic N) is 3. The largest absolute Gasteiger partial charge is 0.415 e. The Kier molecular flexibility index (Phi) is 3.96. The van der Waals surface area contributed by atoms with Crippen LogP contribution in [-0.2, 0) is 4.74 Å². The lowest BCUT2D eigenvalue weighted by Crippen LogP contribution is -2.47. The fraction of sp³-hybridized carbons (Fsp3) is 0.500. The molecule has 1 N–H and O–H groups in total. The summed E-state index contributed by atoms with van der Waals surface area (Å²) < 4.78 is 43.3. The van der Waals surface area contributed by atoms with E-state index in [2.05, 4.69) is 14.8 Å². The zero-order valence-corrected chi connectivity index (χ0v) is 10.9. The highest BCUT2D eigenvalue weighted by molar-refractivity contribution is 5.89. The Hall–Kier alpha value is -1.67. The Morgan fingerprint density at radius 3 is 2.45 bits per heavy atom. The molecular formula is C12H14F3N3O2. The van der Waals surface area contributed by atoms with E-state index >= 15 is 0 Å². The monoisotopic (exact) mass is 289 g/mol. The van der Waals surface area contributed by atoms with E-state index in [1.807, 2.05) is 0 Å². The van der Waals surface area contributed by atoms with Crippen LogP contribution in [0.25, 0.3) is 0 Å². The van der Waals surface area contributed by atoms with Crippen LogP contribution in [0.15, 0.2) is 29.6 Å². The second kappa shape index (κ2) is 5.37. The van der Waals surface area contributed by atoms with Crippen LogP contribution in [0, 0.1) is 5.92 Å². The number of hydrogen-bond donors (Lipinski definition) is 1. The van der Waals surface area contributed by atoms with Crippen molar-refractivity contribution in [2.75, 3.05) is 12.1 Å². The van der Waals surface area contributed by atoms with E-state index in [0.29, 0.717) is 5.69 Å².